The standard InChI is InChI=1S/C29H27FN8O3/c1-4-26(39)38-11-9-18(10-12-38)41-25-8-6-21-28(35-25)29(33-16-32-21)34-20-5-7-24(17(2)27(20)30)40-19-13-22-23(31-14-19)15-37(3)36-22/h4-8,13-16,18H,1,9-12H2,2-3H3,(H,32,33,34). The maximum Gasteiger partial charge on any atom is 0.245 e. The molecule has 11 nitrogen and oxygen atoms in total. The van der Waals surface area contributed by atoms with Gasteiger partial charge in [-0.1, -0.05) is 6.58 Å². The number of pyridine rings is 2. The van der Waals surface area contributed by atoms with Crippen molar-refractivity contribution in [1.29, 1.82) is 0 Å². The number of likely N-dealkylation sites (tertiary alicyclic amines) is 1. The number of carbonyl (C=O) groups excluding carboxylic acids is 1. The Bertz CT molecular complexity index is 1780. The molecule has 1 aromatic carbocycles. The fraction of sp³-hybridized carbons (Fsp3) is 0.241. The van der Waals surface area contributed by atoms with Gasteiger partial charge in [-0.2, -0.15) is 5.10 Å². The molecule has 1 N–H and O–H groups in total. The number of rotatable bonds is 7. The van der Waals surface area contributed by atoms with Gasteiger partial charge in [-0.05, 0) is 31.2 Å². The summed E-state index contributed by atoms with van der Waals surface area (Å²) in [6.45, 7) is 6.36. The zero-order chi connectivity index (χ0) is 28.5. The van der Waals surface area contributed by atoms with E-state index in [1.165, 1.54) is 12.4 Å². The first-order valence-electron chi connectivity index (χ1n) is 13.1. The topological polar surface area (TPSA) is 120 Å². The van der Waals surface area contributed by atoms with Crippen LogP contribution in [-0.2, 0) is 11.8 Å². The van der Waals surface area contributed by atoms with Gasteiger partial charge in [-0.3, -0.25) is 9.48 Å². The summed E-state index contributed by atoms with van der Waals surface area (Å²) in [5, 5.41) is 7.39. The fourth-order valence-electron chi connectivity index (χ4n) is 4.76. The lowest BCUT2D eigenvalue weighted by Gasteiger charge is -2.31. The third-order valence-electron chi connectivity index (χ3n) is 6.94. The summed E-state index contributed by atoms with van der Waals surface area (Å²) >= 11 is 0. The molecule has 41 heavy (non-hydrogen) atoms. The fourth-order valence-corrected chi connectivity index (χ4v) is 4.76. The molecule has 0 unspecified atom stereocenters. The van der Waals surface area contributed by atoms with Crippen LogP contribution < -0.4 is 14.8 Å². The van der Waals surface area contributed by atoms with Gasteiger partial charge in [0.2, 0.25) is 11.8 Å². The number of ether oxygens (including phenoxy) is 2. The van der Waals surface area contributed by atoms with E-state index in [2.05, 4.69) is 36.9 Å². The number of aryl methyl sites for hydroxylation is 1. The molecule has 208 valence electrons. The number of nitrogens with zero attached hydrogens (tertiary/aromatic N) is 7. The number of fused-ring (bicyclic) bond motifs is 2. The molecule has 5 heterocycles. The van der Waals surface area contributed by atoms with E-state index in [0.717, 1.165) is 5.52 Å². The number of aromatic nitrogens is 6. The highest BCUT2D eigenvalue weighted by molar-refractivity contribution is 5.88. The number of hydrogen-bond acceptors (Lipinski definition) is 9. The SMILES string of the molecule is C=CC(=O)N1CCC(Oc2ccc3ncnc(Nc4ccc(Oc5cnc6cn(C)nc6c5)c(C)c4F)c3n2)CC1. The molecule has 0 aliphatic carbocycles. The summed E-state index contributed by atoms with van der Waals surface area (Å²) < 4.78 is 29.2. The first kappa shape index (κ1) is 26.1. The average Bonchev–Trinajstić information content (AvgIpc) is 3.36. The van der Waals surface area contributed by atoms with Crippen LogP contribution >= 0.6 is 0 Å². The Balaban J connectivity index is 1.20. The van der Waals surface area contributed by atoms with Gasteiger partial charge in [0.1, 0.15) is 40.5 Å². The Morgan fingerprint density at radius 2 is 1.95 bits per heavy atom. The number of halogens is 1. The van der Waals surface area contributed by atoms with E-state index in [9.17, 15) is 4.79 Å². The number of amides is 1. The van der Waals surface area contributed by atoms with E-state index < -0.39 is 5.82 Å². The number of anilines is 2. The zero-order valence-electron chi connectivity index (χ0n) is 22.5. The minimum atomic E-state index is -0.491. The van der Waals surface area contributed by atoms with Crippen molar-refractivity contribution in [3.8, 4) is 17.4 Å². The van der Waals surface area contributed by atoms with E-state index in [1.807, 2.05) is 13.2 Å². The molecule has 0 bridgehead atoms. The monoisotopic (exact) mass is 554 g/mol. The molecular weight excluding hydrogens is 527 g/mol. The molecule has 0 atom stereocenters. The van der Waals surface area contributed by atoms with Crippen LogP contribution in [0.15, 0.2) is 61.7 Å². The van der Waals surface area contributed by atoms with Crippen LogP contribution in [0.25, 0.3) is 22.1 Å². The van der Waals surface area contributed by atoms with Crippen LogP contribution in [-0.4, -0.2) is 59.7 Å². The molecule has 4 aromatic heterocycles. The number of hydrogen-bond donors (Lipinski definition) is 1. The molecule has 0 radical (unpaired) electrons. The summed E-state index contributed by atoms with van der Waals surface area (Å²) in [5.74, 6) is 0.981. The molecule has 1 amide bonds. The summed E-state index contributed by atoms with van der Waals surface area (Å²) in [6, 6.07) is 8.55. The normalized spacial score (nSPS) is 13.9. The maximum absolute atomic E-state index is 15.5. The molecule has 0 spiro atoms. The summed E-state index contributed by atoms with van der Waals surface area (Å²) in [6.07, 6.45) is 7.38. The Kier molecular flexibility index (Phi) is 6.88. The van der Waals surface area contributed by atoms with E-state index in [4.69, 9.17) is 9.47 Å². The molecule has 5 aromatic rings. The van der Waals surface area contributed by atoms with Crippen molar-refractivity contribution in [3.63, 3.8) is 0 Å². The highest BCUT2D eigenvalue weighted by atomic mass is 19.1. The van der Waals surface area contributed by atoms with Gasteiger partial charge >= 0.3 is 0 Å². The number of piperidine rings is 1. The molecular formula is C29H27FN8O3. The van der Waals surface area contributed by atoms with Crippen molar-refractivity contribution in [2.24, 2.45) is 7.05 Å². The van der Waals surface area contributed by atoms with Crippen LogP contribution in [0.4, 0.5) is 15.9 Å². The van der Waals surface area contributed by atoms with Gasteiger partial charge in [0, 0.05) is 50.7 Å². The largest absolute Gasteiger partial charge is 0.474 e. The van der Waals surface area contributed by atoms with Crippen molar-refractivity contribution in [1.82, 2.24) is 34.6 Å². The van der Waals surface area contributed by atoms with E-state index >= 15 is 4.39 Å². The zero-order valence-corrected chi connectivity index (χ0v) is 22.5. The first-order chi connectivity index (χ1) is 19.9. The van der Waals surface area contributed by atoms with Crippen LogP contribution in [0.5, 0.6) is 17.4 Å². The quantitative estimate of drug-likeness (QED) is 0.282. The van der Waals surface area contributed by atoms with Gasteiger partial charge in [0.25, 0.3) is 0 Å². The Morgan fingerprint density at radius 3 is 2.76 bits per heavy atom. The van der Waals surface area contributed by atoms with Crippen molar-refractivity contribution in [2.75, 3.05) is 18.4 Å². The molecule has 1 saturated heterocycles. The minimum absolute atomic E-state index is 0.0785. The number of carbonyl (C=O) groups is 1. The van der Waals surface area contributed by atoms with Crippen molar-refractivity contribution < 1.29 is 18.7 Å². The number of nitrogens with one attached hydrogen (secondary N) is 1. The first-order valence-corrected chi connectivity index (χ1v) is 13.1. The molecule has 1 aliphatic heterocycles. The van der Waals surface area contributed by atoms with E-state index in [-0.39, 0.29) is 17.7 Å². The summed E-state index contributed by atoms with van der Waals surface area (Å²) in [5.41, 5.74) is 2.97. The lowest BCUT2D eigenvalue weighted by atomic mass is 10.1. The predicted molar refractivity (Wildman–Crippen MR) is 151 cm³/mol. The molecule has 12 heteroatoms. The van der Waals surface area contributed by atoms with Gasteiger partial charge in [0.15, 0.2) is 11.6 Å². The number of benzene rings is 1. The molecule has 0 saturated carbocycles. The van der Waals surface area contributed by atoms with Gasteiger partial charge in [-0.15, -0.1) is 0 Å². The van der Waals surface area contributed by atoms with Crippen LogP contribution in [0.2, 0.25) is 0 Å². The smallest absolute Gasteiger partial charge is 0.245 e. The van der Waals surface area contributed by atoms with Gasteiger partial charge in [-0.25, -0.2) is 24.3 Å². The highest BCUT2D eigenvalue weighted by Gasteiger charge is 2.23. The minimum Gasteiger partial charge on any atom is -0.474 e. The third-order valence-corrected chi connectivity index (χ3v) is 6.94. The van der Waals surface area contributed by atoms with Crippen LogP contribution in [0.3, 0.4) is 0 Å². The third kappa shape index (κ3) is 5.36. The van der Waals surface area contributed by atoms with Crippen molar-refractivity contribution in [3.05, 3.63) is 73.1 Å². The van der Waals surface area contributed by atoms with Gasteiger partial charge < -0.3 is 19.7 Å². The Morgan fingerprint density at radius 1 is 1.12 bits per heavy atom. The maximum atomic E-state index is 15.5. The van der Waals surface area contributed by atoms with Gasteiger partial charge in [0.05, 0.1) is 23.6 Å². The van der Waals surface area contributed by atoms with Crippen LogP contribution in [0, 0.1) is 12.7 Å². The van der Waals surface area contributed by atoms with Crippen LogP contribution in [0.1, 0.15) is 18.4 Å². The Hall–Kier alpha value is -5.13. The molecule has 1 aliphatic rings. The average molecular weight is 555 g/mol. The van der Waals surface area contributed by atoms with Crippen molar-refractivity contribution >= 4 is 39.5 Å². The lowest BCUT2D eigenvalue weighted by Crippen LogP contribution is -2.41. The predicted octanol–water partition coefficient (Wildman–Crippen LogP) is 4.85. The molecule has 6 rings (SSSR count). The second-order valence-electron chi connectivity index (χ2n) is 9.74. The Labute approximate surface area is 234 Å². The lowest BCUT2D eigenvalue weighted by molar-refractivity contribution is -0.127. The van der Waals surface area contributed by atoms with Crippen molar-refractivity contribution in [2.45, 2.75) is 25.9 Å². The second kappa shape index (κ2) is 10.8. The second-order valence-corrected chi connectivity index (χ2v) is 9.74. The highest BCUT2D eigenvalue weighted by Crippen LogP contribution is 2.33. The summed E-state index contributed by atoms with van der Waals surface area (Å²) in [7, 11) is 1.82. The van der Waals surface area contributed by atoms with E-state index in [1.54, 1.807) is 53.0 Å². The van der Waals surface area contributed by atoms with E-state index in [0.29, 0.717) is 71.2 Å². The summed E-state index contributed by atoms with van der Waals surface area (Å²) in [4.78, 5) is 31.2. The molecule has 1 fully saturated rings.